The zero-order valence-corrected chi connectivity index (χ0v) is 10.6. The van der Waals surface area contributed by atoms with Crippen molar-refractivity contribution in [1.82, 2.24) is 5.32 Å². The number of halogens is 2. The highest BCUT2D eigenvalue weighted by molar-refractivity contribution is 9.10. The van der Waals surface area contributed by atoms with Crippen molar-refractivity contribution in [1.29, 1.82) is 0 Å². The Labute approximate surface area is 103 Å². The first-order valence-corrected chi connectivity index (χ1v) is 6.37. The fourth-order valence-corrected chi connectivity index (χ4v) is 2.34. The zero-order valence-electron chi connectivity index (χ0n) is 9.01. The van der Waals surface area contributed by atoms with Crippen LogP contribution >= 0.6 is 15.9 Å². The summed E-state index contributed by atoms with van der Waals surface area (Å²) in [5.74, 6) is 0.342. The van der Waals surface area contributed by atoms with Gasteiger partial charge in [0.2, 0.25) is 0 Å². The van der Waals surface area contributed by atoms with Crippen molar-refractivity contribution in [3.05, 3.63) is 28.5 Å². The van der Waals surface area contributed by atoms with Crippen LogP contribution in [0.25, 0.3) is 0 Å². The summed E-state index contributed by atoms with van der Waals surface area (Å²) in [4.78, 5) is 0. The van der Waals surface area contributed by atoms with Crippen molar-refractivity contribution in [2.75, 3.05) is 13.1 Å². The van der Waals surface area contributed by atoms with Crippen LogP contribution in [-0.4, -0.2) is 19.2 Å². The second-order valence-corrected chi connectivity index (χ2v) is 4.94. The Morgan fingerprint density at radius 1 is 1.25 bits per heavy atom. The van der Waals surface area contributed by atoms with E-state index < -0.39 is 0 Å². The van der Waals surface area contributed by atoms with Gasteiger partial charge in [-0.25, -0.2) is 4.39 Å². The SMILES string of the molecule is Fc1cc(Br)cc(OC2CCCNCC2)c1. The minimum Gasteiger partial charge on any atom is -0.490 e. The van der Waals surface area contributed by atoms with Crippen LogP contribution in [0.3, 0.4) is 0 Å². The summed E-state index contributed by atoms with van der Waals surface area (Å²) in [6.07, 6.45) is 3.32. The molecule has 16 heavy (non-hydrogen) atoms. The van der Waals surface area contributed by atoms with Gasteiger partial charge in [0, 0.05) is 10.5 Å². The van der Waals surface area contributed by atoms with Gasteiger partial charge in [0.15, 0.2) is 0 Å². The Hall–Kier alpha value is -0.610. The zero-order chi connectivity index (χ0) is 11.4. The van der Waals surface area contributed by atoms with Crippen LogP contribution in [0.5, 0.6) is 5.75 Å². The van der Waals surface area contributed by atoms with E-state index in [2.05, 4.69) is 21.2 Å². The number of rotatable bonds is 2. The maximum Gasteiger partial charge on any atom is 0.128 e. The molecule has 1 saturated heterocycles. The van der Waals surface area contributed by atoms with Crippen molar-refractivity contribution >= 4 is 15.9 Å². The molecule has 1 aliphatic heterocycles. The molecule has 1 unspecified atom stereocenters. The van der Waals surface area contributed by atoms with E-state index in [0.29, 0.717) is 10.2 Å². The molecule has 0 aromatic heterocycles. The van der Waals surface area contributed by atoms with E-state index in [1.54, 1.807) is 6.07 Å². The van der Waals surface area contributed by atoms with E-state index in [9.17, 15) is 4.39 Å². The average molecular weight is 288 g/mol. The minimum atomic E-state index is -0.267. The summed E-state index contributed by atoms with van der Waals surface area (Å²) in [6, 6.07) is 4.67. The van der Waals surface area contributed by atoms with E-state index in [1.165, 1.54) is 12.1 Å². The van der Waals surface area contributed by atoms with Gasteiger partial charge in [-0.2, -0.15) is 0 Å². The normalized spacial score (nSPS) is 21.5. The summed E-state index contributed by atoms with van der Waals surface area (Å²) in [5, 5.41) is 3.32. The maximum absolute atomic E-state index is 13.1. The molecule has 0 saturated carbocycles. The van der Waals surface area contributed by atoms with Crippen LogP contribution in [0.4, 0.5) is 4.39 Å². The van der Waals surface area contributed by atoms with Gasteiger partial charge < -0.3 is 10.1 Å². The highest BCUT2D eigenvalue weighted by Gasteiger charge is 2.13. The highest BCUT2D eigenvalue weighted by Crippen LogP contribution is 2.23. The molecule has 0 bridgehead atoms. The van der Waals surface area contributed by atoms with Crippen LogP contribution in [-0.2, 0) is 0 Å². The lowest BCUT2D eigenvalue weighted by atomic mass is 10.1. The second-order valence-electron chi connectivity index (χ2n) is 4.03. The molecule has 2 rings (SSSR count). The summed E-state index contributed by atoms with van der Waals surface area (Å²) >= 11 is 3.26. The molecular weight excluding hydrogens is 273 g/mol. The number of hydrogen-bond acceptors (Lipinski definition) is 2. The molecule has 1 aromatic rings. The van der Waals surface area contributed by atoms with Crippen LogP contribution < -0.4 is 10.1 Å². The third-order valence-electron chi connectivity index (χ3n) is 2.66. The van der Waals surface area contributed by atoms with Crippen molar-refractivity contribution in [2.24, 2.45) is 0 Å². The molecular formula is C12H15BrFNO. The van der Waals surface area contributed by atoms with Crippen LogP contribution in [0, 0.1) is 5.82 Å². The van der Waals surface area contributed by atoms with Gasteiger partial charge in [-0.3, -0.25) is 0 Å². The second kappa shape index (κ2) is 5.64. The molecule has 0 spiro atoms. The standard InChI is InChI=1S/C12H15BrFNO/c13-9-6-10(14)8-12(7-9)16-11-2-1-4-15-5-3-11/h6-8,11,15H,1-5H2. The van der Waals surface area contributed by atoms with Gasteiger partial charge in [0.25, 0.3) is 0 Å². The number of hydrogen-bond donors (Lipinski definition) is 1. The summed E-state index contributed by atoms with van der Waals surface area (Å²) in [6.45, 7) is 2.02. The lowest BCUT2D eigenvalue weighted by Crippen LogP contribution is -2.19. The molecule has 1 fully saturated rings. The first-order valence-electron chi connectivity index (χ1n) is 5.57. The quantitative estimate of drug-likeness (QED) is 0.903. The number of nitrogens with one attached hydrogen (secondary N) is 1. The number of ether oxygens (including phenoxy) is 1. The molecule has 0 radical (unpaired) electrons. The van der Waals surface area contributed by atoms with Gasteiger partial charge in [-0.1, -0.05) is 15.9 Å². The Bertz CT molecular complexity index is 331. The summed E-state index contributed by atoms with van der Waals surface area (Å²) in [5.41, 5.74) is 0. The van der Waals surface area contributed by atoms with E-state index in [4.69, 9.17) is 4.74 Å². The van der Waals surface area contributed by atoms with Crippen molar-refractivity contribution in [2.45, 2.75) is 25.4 Å². The van der Waals surface area contributed by atoms with E-state index in [0.717, 1.165) is 32.4 Å². The molecule has 1 aliphatic rings. The minimum absolute atomic E-state index is 0.198. The fraction of sp³-hybridized carbons (Fsp3) is 0.500. The van der Waals surface area contributed by atoms with Crippen molar-refractivity contribution in [3.63, 3.8) is 0 Å². The lowest BCUT2D eigenvalue weighted by molar-refractivity contribution is 0.186. The third kappa shape index (κ3) is 3.46. The average Bonchev–Trinajstić information content (AvgIpc) is 2.44. The van der Waals surface area contributed by atoms with Crippen LogP contribution in [0.15, 0.2) is 22.7 Å². The Balaban J connectivity index is 2.01. The van der Waals surface area contributed by atoms with Gasteiger partial charge in [-0.15, -0.1) is 0 Å². The predicted molar refractivity (Wildman–Crippen MR) is 65.2 cm³/mol. The van der Waals surface area contributed by atoms with Crippen molar-refractivity contribution in [3.8, 4) is 5.75 Å². The van der Waals surface area contributed by atoms with E-state index >= 15 is 0 Å². The molecule has 4 heteroatoms. The van der Waals surface area contributed by atoms with Gasteiger partial charge >= 0.3 is 0 Å². The van der Waals surface area contributed by atoms with Gasteiger partial charge in [0.1, 0.15) is 11.6 Å². The largest absolute Gasteiger partial charge is 0.490 e. The molecule has 0 amide bonds. The topological polar surface area (TPSA) is 21.3 Å². The van der Waals surface area contributed by atoms with E-state index in [-0.39, 0.29) is 11.9 Å². The molecule has 0 aliphatic carbocycles. The lowest BCUT2D eigenvalue weighted by Gasteiger charge is -2.16. The van der Waals surface area contributed by atoms with Crippen LogP contribution in [0.1, 0.15) is 19.3 Å². The Morgan fingerprint density at radius 2 is 2.12 bits per heavy atom. The third-order valence-corrected chi connectivity index (χ3v) is 3.12. The first-order chi connectivity index (χ1) is 7.74. The monoisotopic (exact) mass is 287 g/mol. The summed E-state index contributed by atoms with van der Waals surface area (Å²) in [7, 11) is 0. The first kappa shape index (κ1) is 11.9. The molecule has 1 aromatic carbocycles. The van der Waals surface area contributed by atoms with Gasteiger partial charge in [-0.05, 0) is 44.5 Å². The Kier molecular flexibility index (Phi) is 4.18. The van der Waals surface area contributed by atoms with Crippen molar-refractivity contribution < 1.29 is 9.13 Å². The molecule has 1 N–H and O–H groups in total. The highest BCUT2D eigenvalue weighted by atomic mass is 79.9. The molecule has 1 heterocycles. The molecule has 2 nitrogen and oxygen atoms in total. The van der Waals surface area contributed by atoms with Gasteiger partial charge in [0.05, 0.1) is 6.10 Å². The number of benzene rings is 1. The molecule has 88 valence electrons. The maximum atomic E-state index is 13.1. The smallest absolute Gasteiger partial charge is 0.128 e. The molecule has 1 atom stereocenters. The van der Waals surface area contributed by atoms with E-state index in [1.807, 2.05) is 0 Å². The van der Waals surface area contributed by atoms with Crippen LogP contribution in [0.2, 0.25) is 0 Å². The fourth-order valence-electron chi connectivity index (χ4n) is 1.89. The Morgan fingerprint density at radius 3 is 2.94 bits per heavy atom. The summed E-state index contributed by atoms with van der Waals surface area (Å²) < 4.78 is 19.6. The predicted octanol–water partition coefficient (Wildman–Crippen LogP) is 3.11.